The zero-order valence-corrected chi connectivity index (χ0v) is 14.8. The second kappa shape index (κ2) is 6.94. The van der Waals surface area contributed by atoms with E-state index in [-0.39, 0.29) is 17.9 Å². The van der Waals surface area contributed by atoms with Crippen LogP contribution in [0.4, 0.5) is 5.69 Å². The molecule has 2 atom stereocenters. The second-order valence-electron chi connectivity index (χ2n) is 6.71. The van der Waals surface area contributed by atoms with Crippen molar-refractivity contribution in [3.63, 3.8) is 0 Å². The van der Waals surface area contributed by atoms with E-state index in [1.807, 2.05) is 30.3 Å². The third kappa shape index (κ3) is 3.72. The van der Waals surface area contributed by atoms with Crippen LogP contribution in [-0.2, 0) is 11.2 Å². The largest absolute Gasteiger partial charge is 0.328 e. The Hall–Kier alpha value is -2.24. The van der Waals surface area contributed by atoms with Gasteiger partial charge in [-0.2, -0.15) is 0 Å². The Morgan fingerprint density at radius 1 is 1.16 bits per heavy atom. The van der Waals surface area contributed by atoms with E-state index in [4.69, 9.17) is 5.73 Å². The Morgan fingerprint density at radius 2 is 1.96 bits per heavy atom. The monoisotopic (exact) mass is 351 g/mol. The summed E-state index contributed by atoms with van der Waals surface area (Å²) in [5.41, 5.74) is 8.99. The molecule has 0 radical (unpaired) electrons. The first-order valence-corrected chi connectivity index (χ1v) is 9.49. The number of hydrogen-bond donors (Lipinski definition) is 2. The first-order chi connectivity index (χ1) is 12.2. The van der Waals surface area contributed by atoms with Crippen LogP contribution in [0, 0.1) is 5.92 Å². The van der Waals surface area contributed by atoms with Crippen LogP contribution in [0.25, 0.3) is 10.2 Å². The summed E-state index contributed by atoms with van der Waals surface area (Å²) in [5.74, 6) is 0.143. The summed E-state index contributed by atoms with van der Waals surface area (Å²) in [6, 6.07) is 16.4. The Kier molecular flexibility index (Phi) is 4.51. The lowest BCUT2D eigenvalue weighted by molar-refractivity contribution is -0.119. The molecule has 3 aromatic rings. The van der Waals surface area contributed by atoms with Crippen molar-refractivity contribution in [1.29, 1.82) is 0 Å². The topological polar surface area (TPSA) is 68.0 Å². The number of benzene rings is 2. The Bertz CT molecular complexity index is 854. The van der Waals surface area contributed by atoms with Crippen LogP contribution in [0.2, 0.25) is 0 Å². The van der Waals surface area contributed by atoms with Crippen molar-refractivity contribution in [2.45, 2.75) is 31.7 Å². The minimum absolute atomic E-state index is 0.0532. The van der Waals surface area contributed by atoms with Crippen molar-refractivity contribution in [3.05, 3.63) is 59.1 Å². The van der Waals surface area contributed by atoms with Gasteiger partial charge in [0.2, 0.25) is 5.91 Å². The molecule has 4 nitrogen and oxygen atoms in total. The molecule has 128 valence electrons. The predicted octanol–water partition coefficient (Wildman–Crippen LogP) is 3.95. The molecular formula is C20H21N3OS. The molecular weight excluding hydrogens is 330 g/mol. The van der Waals surface area contributed by atoms with E-state index in [2.05, 4.69) is 28.5 Å². The minimum atomic E-state index is 0.0532. The summed E-state index contributed by atoms with van der Waals surface area (Å²) in [6.07, 6.45) is 3.44. The summed E-state index contributed by atoms with van der Waals surface area (Å²) < 4.78 is 1.22. The molecule has 1 aliphatic rings. The molecule has 3 N–H and O–H groups in total. The molecule has 4 rings (SSSR count). The highest BCUT2D eigenvalue weighted by Crippen LogP contribution is 2.26. The van der Waals surface area contributed by atoms with E-state index < -0.39 is 0 Å². The summed E-state index contributed by atoms with van der Waals surface area (Å²) in [7, 11) is 0. The number of nitrogens with one attached hydrogen (secondary N) is 1. The third-order valence-electron chi connectivity index (χ3n) is 4.76. The fraction of sp³-hybridized carbons (Fsp3) is 0.300. The van der Waals surface area contributed by atoms with Crippen molar-refractivity contribution in [2.75, 3.05) is 5.32 Å². The Morgan fingerprint density at radius 3 is 2.68 bits per heavy atom. The molecule has 1 amide bonds. The number of rotatable bonds is 4. The number of amides is 1. The molecule has 0 spiro atoms. The van der Waals surface area contributed by atoms with Gasteiger partial charge in [0.15, 0.2) is 0 Å². The standard InChI is InChI=1S/C20H21N3OS/c21-15-8-7-14(12-15)20(24)22-16-9-5-13(6-10-16)11-19-23-17-3-1-2-4-18(17)25-19/h1-6,9-10,14-15H,7-8,11-12,21H2,(H,22,24). The van der Waals surface area contributed by atoms with Gasteiger partial charge in [-0.3, -0.25) is 4.79 Å². The lowest BCUT2D eigenvalue weighted by Crippen LogP contribution is -2.23. The van der Waals surface area contributed by atoms with E-state index in [1.165, 1.54) is 10.3 Å². The van der Waals surface area contributed by atoms with Crippen molar-refractivity contribution in [1.82, 2.24) is 4.98 Å². The molecule has 2 aromatic carbocycles. The van der Waals surface area contributed by atoms with Crippen LogP contribution < -0.4 is 11.1 Å². The van der Waals surface area contributed by atoms with Crippen LogP contribution in [0.3, 0.4) is 0 Å². The van der Waals surface area contributed by atoms with Crippen molar-refractivity contribution >= 4 is 33.1 Å². The van der Waals surface area contributed by atoms with Crippen LogP contribution >= 0.6 is 11.3 Å². The number of carbonyl (C=O) groups is 1. The number of para-hydroxylation sites is 1. The molecule has 0 bridgehead atoms. The highest BCUT2D eigenvalue weighted by molar-refractivity contribution is 7.18. The average molecular weight is 351 g/mol. The molecule has 25 heavy (non-hydrogen) atoms. The van der Waals surface area contributed by atoms with Gasteiger partial charge in [0.25, 0.3) is 0 Å². The maximum Gasteiger partial charge on any atom is 0.227 e. The molecule has 0 saturated heterocycles. The molecule has 2 unspecified atom stereocenters. The highest BCUT2D eigenvalue weighted by atomic mass is 32.1. The van der Waals surface area contributed by atoms with Crippen molar-refractivity contribution < 1.29 is 4.79 Å². The van der Waals surface area contributed by atoms with Gasteiger partial charge in [-0.15, -0.1) is 11.3 Å². The molecule has 0 aliphatic heterocycles. The summed E-state index contributed by atoms with van der Waals surface area (Å²) in [6.45, 7) is 0. The van der Waals surface area contributed by atoms with Crippen molar-refractivity contribution in [2.24, 2.45) is 11.7 Å². The van der Waals surface area contributed by atoms with Gasteiger partial charge in [-0.1, -0.05) is 24.3 Å². The van der Waals surface area contributed by atoms with E-state index in [1.54, 1.807) is 11.3 Å². The predicted molar refractivity (Wildman–Crippen MR) is 103 cm³/mol. The minimum Gasteiger partial charge on any atom is -0.328 e. The van der Waals surface area contributed by atoms with Crippen LogP contribution in [-0.4, -0.2) is 16.9 Å². The summed E-state index contributed by atoms with van der Waals surface area (Å²) in [4.78, 5) is 16.9. The van der Waals surface area contributed by atoms with Crippen LogP contribution in [0.1, 0.15) is 29.8 Å². The molecule has 1 aliphatic carbocycles. The smallest absolute Gasteiger partial charge is 0.227 e. The molecule has 1 fully saturated rings. The molecule has 1 heterocycles. The van der Waals surface area contributed by atoms with Crippen LogP contribution in [0.5, 0.6) is 0 Å². The SMILES string of the molecule is NC1CCC(C(=O)Nc2ccc(Cc3nc4ccccc4s3)cc2)C1. The number of nitrogens with zero attached hydrogens (tertiary/aromatic N) is 1. The third-order valence-corrected chi connectivity index (χ3v) is 5.80. The van der Waals surface area contributed by atoms with Gasteiger partial charge in [0.05, 0.1) is 15.2 Å². The Labute approximate surface area is 151 Å². The zero-order chi connectivity index (χ0) is 17.2. The van der Waals surface area contributed by atoms with E-state index in [0.717, 1.165) is 41.9 Å². The summed E-state index contributed by atoms with van der Waals surface area (Å²) >= 11 is 1.73. The average Bonchev–Trinajstić information content (AvgIpc) is 3.22. The number of aromatic nitrogens is 1. The molecule has 1 aromatic heterocycles. The quantitative estimate of drug-likeness (QED) is 0.748. The number of fused-ring (bicyclic) bond motifs is 1. The first kappa shape index (κ1) is 16.2. The van der Waals surface area contributed by atoms with Gasteiger partial charge >= 0.3 is 0 Å². The maximum absolute atomic E-state index is 12.3. The van der Waals surface area contributed by atoms with E-state index >= 15 is 0 Å². The van der Waals surface area contributed by atoms with Gasteiger partial charge < -0.3 is 11.1 Å². The number of anilines is 1. The number of hydrogen-bond acceptors (Lipinski definition) is 4. The van der Waals surface area contributed by atoms with Gasteiger partial charge in [-0.25, -0.2) is 4.98 Å². The Balaban J connectivity index is 1.40. The first-order valence-electron chi connectivity index (χ1n) is 8.67. The summed E-state index contributed by atoms with van der Waals surface area (Å²) in [5, 5.41) is 4.12. The second-order valence-corrected chi connectivity index (χ2v) is 7.82. The van der Waals surface area contributed by atoms with Gasteiger partial charge in [0.1, 0.15) is 0 Å². The van der Waals surface area contributed by atoms with E-state index in [9.17, 15) is 4.79 Å². The lowest BCUT2D eigenvalue weighted by atomic mass is 10.1. The number of nitrogens with two attached hydrogens (primary N) is 1. The lowest BCUT2D eigenvalue weighted by Gasteiger charge is -2.11. The fourth-order valence-corrected chi connectivity index (χ4v) is 4.38. The normalized spacial score (nSPS) is 20.0. The molecule has 1 saturated carbocycles. The number of carbonyl (C=O) groups excluding carboxylic acids is 1. The fourth-order valence-electron chi connectivity index (χ4n) is 3.37. The number of thiazole rings is 1. The zero-order valence-electron chi connectivity index (χ0n) is 13.9. The van der Waals surface area contributed by atoms with Gasteiger partial charge in [-0.05, 0) is 49.1 Å². The molecule has 5 heteroatoms. The highest BCUT2D eigenvalue weighted by Gasteiger charge is 2.27. The van der Waals surface area contributed by atoms with Crippen molar-refractivity contribution in [3.8, 4) is 0 Å². The van der Waals surface area contributed by atoms with Crippen LogP contribution in [0.15, 0.2) is 48.5 Å². The maximum atomic E-state index is 12.3. The van der Waals surface area contributed by atoms with Gasteiger partial charge in [0, 0.05) is 24.1 Å². The van der Waals surface area contributed by atoms with E-state index in [0.29, 0.717) is 0 Å².